The van der Waals surface area contributed by atoms with Crippen LogP contribution < -0.4 is 19.3 Å². The monoisotopic (exact) mass is 903 g/mol. The molecule has 4 heterocycles. The van der Waals surface area contributed by atoms with E-state index in [0.717, 1.165) is 113 Å². The minimum Gasteiger partial charge on any atom is -0.457 e. The van der Waals surface area contributed by atoms with Crippen molar-refractivity contribution in [2.24, 2.45) is 0 Å². The van der Waals surface area contributed by atoms with Crippen LogP contribution in [0.4, 0.5) is 34.1 Å². The summed E-state index contributed by atoms with van der Waals surface area (Å²) < 4.78 is 13.4. The zero-order valence-electron chi connectivity index (χ0n) is 37.0. The van der Waals surface area contributed by atoms with Crippen molar-refractivity contribution >= 4 is 45.7 Å². The summed E-state index contributed by atoms with van der Waals surface area (Å²) in [6, 6.07) is 83.0. The molecule has 0 amide bonds. The van der Waals surface area contributed by atoms with Crippen LogP contribution in [0.25, 0.3) is 11.1 Å². The van der Waals surface area contributed by atoms with Crippen molar-refractivity contribution in [3.8, 4) is 40.2 Å². The standard InChI is InChI=1S/C63H38ClN3O2/c64-61-55(66-51-29-11-3-21-43(51)62(44-22-4-12-30-52(44)66)47-25-7-15-33-57(47)68-58-34-16-8-26-48(58)62)37-41(42-20-2-1-19-40(42)39-65)38-56(61)67-53-31-13-5-23-45(53)63(46-24-6-14-32-54(46)67)49-27-9-17-35-59(49)69-60-36-18-10-28-50(60)63/h1-38H. The lowest BCUT2D eigenvalue weighted by molar-refractivity contribution is 0.434. The Labute approximate surface area is 404 Å². The van der Waals surface area contributed by atoms with Gasteiger partial charge in [0.25, 0.3) is 0 Å². The third-order valence-corrected chi connectivity index (χ3v) is 15.1. The molecule has 4 aliphatic heterocycles. The van der Waals surface area contributed by atoms with Gasteiger partial charge in [-0.2, -0.15) is 5.26 Å². The molecular weight excluding hydrogens is 866 g/mol. The highest BCUT2D eigenvalue weighted by molar-refractivity contribution is 6.37. The predicted molar refractivity (Wildman–Crippen MR) is 275 cm³/mol. The van der Waals surface area contributed by atoms with Crippen LogP contribution in [0.2, 0.25) is 5.02 Å². The molecule has 0 fully saturated rings. The van der Waals surface area contributed by atoms with Gasteiger partial charge in [0.15, 0.2) is 0 Å². The molecule has 14 rings (SSSR count). The van der Waals surface area contributed by atoms with E-state index in [-0.39, 0.29) is 0 Å². The van der Waals surface area contributed by atoms with Gasteiger partial charge < -0.3 is 19.3 Å². The van der Waals surface area contributed by atoms with Crippen LogP contribution in [0.5, 0.6) is 23.0 Å². The third-order valence-electron chi connectivity index (χ3n) is 14.7. The largest absolute Gasteiger partial charge is 0.457 e. The average Bonchev–Trinajstić information content (AvgIpc) is 3.41. The second kappa shape index (κ2) is 14.8. The fourth-order valence-electron chi connectivity index (χ4n) is 12.1. The van der Waals surface area contributed by atoms with Gasteiger partial charge in [0.05, 0.1) is 61.6 Å². The highest BCUT2D eigenvalue weighted by Gasteiger charge is 2.53. The number of para-hydroxylation sites is 8. The number of benzene rings is 10. The fraction of sp³-hybridized carbons (Fsp3) is 0.0317. The molecule has 69 heavy (non-hydrogen) atoms. The highest BCUT2D eigenvalue weighted by Crippen LogP contribution is 2.66. The van der Waals surface area contributed by atoms with Crippen LogP contribution in [0.15, 0.2) is 231 Å². The lowest BCUT2D eigenvalue weighted by Gasteiger charge is -2.49. The fourth-order valence-corrected chi connectivity index (χ4v) is 12.3. The molecule has 0 N–H and O–H groups in total. The topological polar surface area (TPSA) is 48.7 Å². The van der Waals surface area contributed by atoms with Gasteiger partial charge in [-0.05, 0) is 100 Å². The molecule has 0 saturated carbocycles. The lowest BCUT2D eigenvalue weighted by Crippen LogP contribution is -2.40. The van der Waals surface area contributed by atoms with Gasteiger partial charge >= 0.3 is 0 Å². The van der Waals surface area contributed by atoms with Crippen molar-refractivity contribution in [3.05, 3.63) is 286 Å². The van der Waals surface area contributed by atoms with E-state index in [1.54, 1.807) is 0 Å². The predicted octanol–water partition coefficient (Wildman–Crippen LogP) is 16.4. The molecule has 0 unspecified atom stereocenters. The first-order chi connectivity index (χ1) is 34.1. The zero-order chi connectivity index (χ0) is 45.8. The van der Waals surface area contributed by atoms with Crippen LogP contribution in [-0.2, 0) is 10.8 Å². The van der Waals surface area contributed by atoms with Crippen LogP contribution >= 0.6 is 11.6 Å². The lowest BCUT2D eigenvalue weighted by atomic mass is 9.61. The van der Waals surface area contributed by atoms with Gasteiger partial charge in [0, 0.05) is 22.3 Å². The van der Waals surface area contributed by atoms with E-state index in [2.05, 4.69) is 198 Å². The van der Waals surface area contributed by atoms with Gasteiger partial charge in [-0.25, -0.2) is 0 Å². The molecule has 0 saturated heterocycles. The first-order valence-corrected chi connectivity index (χ1v) is 23.5. The molecule has 0 bridgehead atoms. The van der Waals surface area contributed by atoms with E-state index in [9.17, 15) is 5.26 Å². The Kier molecular flexibility index (Phi) is 8.47. The van der Waals surface area contributed by atoms with E-state index >= 15 is 0 Å². The normalized spacial score (nSPS) is 14.6. The summed E-state index contributed by atoms with van der Waals surface area (Å²) in [4.78, 5) is 4.66. The first-order valence-electron chi connectivity index (χ1n) is 23.2. The van der Waals surface area contributed by atoms with Gasteiger partial charge in [0.1, 0.15) is 23.0 Å². The maximum atomic E-state index is 10.7. The zero-order valence-corrected chi connectivity index (χ0v) is 37.7. The Hall–Kier alpha value is -8.82. The van der Waals surface area contributed by atoms with Crippen molar-refractivity contribution in [2.45, 2.75) is 10.8 Å². The summed E-state index contributed by atoms with van der Waals surface area (Å²) in [6.07, 6.45) is 0. The number of fused-ring (bicyclic) bond motifs is 16. The summed E-state index contributed by atoms with van der Waals surface area (Å²) >= 11 is 8.27. The third kappa shape index (κ3) is 5.24. The van der Waals surface area contributed by atoms with E-state index in [1.807, 2.05) is 48.5 Å². The van der Waals surface area contributed by atoms with Gasteiger partial charge in [-0.1, -0.05) is 175 Å². The van der Waals surface area contributed by atoms with E-state index in [1.165, 1.54) is 0 Å². The maximum Gasteiger partial charge on any atom is 0.132 e. The van der Waals surface area contributed by atoms with Crippen LogP contribution in [0.1, 0.15) is 50.1 Å². The number of nitrogens with zero attached hydrogens (tertiary/aromatic N) is 3. The number of ether oxygens (including phenoxy) is 2. The Bertz CT molecular complexity index is 3430. The second-order valence-electron chi connectivity index (χ2n) is 17.9. The first kappa shape index (κ1) is 39.4. The van der Waals surface area contributed by atoms with Crippen molar-refractivity contribution in [2.75, 3.05) is 9.80 Å². The Balaban J connectivity index is 1.08. The molecule has 4 aliphatic rings. The van der Waals surface area contributed by atoms with Crippen molar-refractivity contribution in [3.63, 3.8) is 0 Å². The summed E-state index contributed by atoms with van der Waals surface area (Å²) in [5.74, 6) is 3.28. The number of halogens is 1. The minimum atomic E-state index is -0.731. The quantitative estimate of drug-likeness (QED) is 0.177. The molecule has 5 nitrogen and oxygen atoms in total. The maximum absolute atomic E-state index is 10.7. The van der Waals surface area contributed by atoms with Crippen molar-refractivity contribution in [1.29, 1.82) is 5.26 Å². The number of nitriles is 1. The number of anilines is 6. The molecule has 0 atom stereocenters. The second-order valence-corrected chi connectivity index (χ2v) is 18.3. The highest BCUT2D eigenvalue weighted by atomic mass is 35.5. The summed E-state index contributed by atoms with van der Waals surface area (Å²) in [5.41, 5.74) is 14.9. The Morgan fingerprint density at radius 3 is 0.986 bits per heavy atom. The van der Waals surface area contributed by atoms with Gasteiger partial charge in [-0.3, -0.25) is 0 Å². The van der Waals surface area contributed by atoms with Gasteiger partial charge in [0.2, 0.25) is 0 Å². The van der Waals surface area contributed by atoms with E-state index in [0.29, 0.717) is 10.6 Å². The van der Waals surface area contributed by atoms with Crippen LogP contribution in [0, 0.1) is 11.3 Å². The molecule has 10 aromatic rings. The summed E-state index contributed by atoms with van der Waals surface area (Å²) in [5, 5.41) is 11.2. The molecule has 2 spiro atoms. The van der Waals surface area contributed by atoms with E-state index < -0.39 is 10.8 Å². The number of hydrogen-bond donors (Lipinski definition) is 0. The van der Waals surface area contributed by atoms with Gasteiger partial charge in [-0.15, -0.1) is 0 Å². The summed E-state index contributed by atoms with van der Waals surface area (Å²) in [6.45, 7) is 0. The van der Waals surface area contributed by atoms with Crippen molar-refractivity contribution < 1.29 is 9.47 Å². The molecule has 0 aromatic heterocycles. The molecule has 0 radical (unpaired) electrons. The molecule has 0 aliphatic carbocycles. The summed E-state index contributed by atoms with van der Waals surface area (Å²) in [7, 11) is 0. The van der Waals surface area contributed by atoms with Crippen molar-refractivity contribution in [1.82, 2.24) is 0 Å². The molecule has 10 aromatic carbocycles. The van der Waals surface area contributed by atoms with Crippen LogP contribution in [0.3, 0.4) is 0 Å². The minimum absolute atomic E-state index is 0.551. The molecular formula is C63H38ClN3O2. The SMILES string of the molecule is N#Cc1ccccc1-c1cc(N2c3ccccc3C3(c4ccccc4Oc4ccccc43)c3ccccc32)c(Cl)c(N2c3ccccc3C3(c4ccccc4Oc4ccccc43)c3ccccc32)c1. The Morgan fingerprint density at radius 2 is 0.638 bits per heavy atom. The molecule has 6 heteroatoms. The average molecular weight is 904 g/mol. The smallest absolute Gasteiger partial charge is 0.132 e. The number of rotatable bonds is 3. The van der Waals surface area contributed by atoms with E-state index in [4.69, 9.17) is 21.1 Å². The van der Waals surface area contributed by atoms with Crippen LogP contribution in [-0.4, -0.2) is 0 Å². The number of hydrogen-bond acceptors (Lipinski definition) is 5. The molecule has 324 valence electrons. The Morgan fingerprint density at radius 1 is 0.348 bits per heavy atom.